The van der Waals surface area contributed by atoms with Crippen LogP contribution in [0.15, 0.2) is 71.9 Å². The molecule has 1 amide bonds. The van der Waals surface area contributed by atoms with E-state index in [1.54, 1.807) is 30.5 Å². The third-order valence-corrected chi connectivity index (χ3v) is 7.59. The van der Waals surface area contributed by atoms with Crippen LogP contribution in [0.2, 0.25) is 5.02 Å². The molecule has 208 valence electrons. The van der Waals surface area contributed by atoms with Crippen LogP contribution in [0.25, 0.3) is 11.3 Å². The SMILES string of the molecule is COc1cccc(F)c1C1=NCc2cnc(Nc3cccc(C(=O)N4CCN(C)CC4)c3)nc2-c2ccc(Cl)cc21. The van der Waals surface area contributed by atoms with Crippen molar-refractivity contribution in [2.24, 2.45) is 4.99 Å². The monoisotopic (exact) mass is 570 g/mol. The first-order valence-corrected chi connectivity index (χ1v) is 13.7. The van der Waals surface area contributed by atoms with Gasteiger partial charge in [0.2, 0.25) is 5.95 Å². The molecule has 0 aliphatic carbocycles. The quantitative estimate of drug-likeness (QED) is 0.345. The van der Waals surface area contributed by atoms with E-state index >= 15 is 4.39 Å². The number of halogens is 2. The molecule has 6 rings (SSSR count). The molecule has 2 aliphatic heterocycles. The molecule has 4 aromatic rings. The average molecular weight is 571 g/mol. The topological polar surface area (TPSA) is 83.0 Å². The highest BCUT2D eigenvalue weighted by atomic mass is 35.5. The van der Waals surface area contributed by atoms with Gasteiger partial charge in [-0.2, -0.15) is 0 Å². The molecule has 1 fully saturated rings. The Morgan fingerprint density at radius 1 is 1.02 bits per heavy atom. The molecule has 41 heavy (non-hydrogen) atoms. The molecule has 0 bridgehead atoms. The zero-order chi connectivity index (χ0) is 28.5. The number of nitrogens with one attached hydrogen (secondary N) is 1. The van der Waals surface area contributed by atoms with Crippen molar-refractivity contribution in [1.82, 2.24) is 19.8 Å². The summed E-state index contributed by atoms with van der Waals surface area (Å²) in [4.78, 5) is 31.3. The van der Waals surface area contributed by atoms with Crippen LogP contribution in [-0.4, -0.2) is 71.7 Å². The number of anilines is 2. The molecule has 0 saturated carbocycles. The number of nitrogens with zero attached hydrogens (tertiary/aromatic N) is 5. The first-order chi connectivity index (χ1) is 19.9. The third-order valence-electron chi connectivity index (χ3n) is 7.35. The van der Waals surface area contributed by atoms with E-state index in [1.807, 2.05) is 35.2 Å². The fourth-order valence-electron chi connectivity index (χ4n) is 5.15. The van der Waals surface area contributed by atoms with Gasteiger partial charge in [-0.15, -0.1) is 0 Å². The highest BCUT2D eigenvalue weighted by molar-refractivity contribution is 6.31. The highest BCUT2D eigenvalue weighted by Gasteiger charge is 2.26. The lowest BCUT2D eigenvalue weighted by Gasteiger charge is -2.32. The van der Waals surface area contributed by atoms with E-state index in [0.717, 1.165) is 24.2 Å². The first-order valence-electron chi connectivity index (χ1n) is 13.3. The molecule has 0 radical (unpaired) electrons. The van der Waals surface area contributed by atoms with E-state index < -0.39 is 5.82 Å². The summed E-state index contributed by atoms with van der Waals surface area (Å²) in [5, 5.41) is 3.74. The number of hydrogen-bond donors (Lipinski definition) is 1. The van der Waals surface area contributed by atoms with Crippen LogP contribution in [0.1, 0.15) is 27.0 Å². The summed E-state index contributed by atoms with van der Waals surface area (Å²) in [7, 11) is 3.56. The number of aromatic nitrogens is 2. The molecule has 1 aromatic heterocycles. The number of aliphatic imine (C=N–C) groups is 1. The Bertz CT molecular complexity index is 1670. The van der Waals surface area contributed by atoms with Crippen LogP contribution < -0.4 is 10.1 Å². The van der Waals surface area contributed by atoms with Crippen LogP contribution in [0.3, 0.4) is 0 Å². The van der Waals surface area contributed by atoms with Crippen molar-refractivity contribution in [3.63, 3.8) is 0 Å². The molecule has 0 atom stereocenters. The maximum absolute atomic E-state index is 15.1. The number of fused-ring (bicyclic) bond motifs is 3. The molecule has 1 N–H and O–H groups in total. The third kappa shape index (κ3) is 5.38. The predicted octanol–water partition coefficient (Wildman–Crippen LogP) is 5.43. The van der Waals surface area contributed by atoms with Crippen LogP contribution in [-0.2, 0) is 6.54 Å². The average Bonchev–Trinajstić information content (AvgIpc) is 3.13. The minimum absolute atomic E-state index is 0.00338. The van der Waals surface area contributed by atoms with Crippen molar-refractivity contribution >= 4 is 34.9 Å². The van der Waals surface area contributed by atoms with Crippen molar-refractivity contribution in [1.29, 1.82) is 0 Å². The molecule has 0 spiro atoms. The number of methoxy groups -OCH3 is 1. The lowest BCUT2D eigenvalue weighted by Crippen LogP contribution is -2.47. The van der Waals surface area contributed by atoms with Gasteiger partial charge in [0.05, 0.1) is 30.6 Å². The second-order valence-electron chi connectivity index (χ2n) is 10.0. The number of likely N-dealkylation sites (N-methyl/N-ethyl adjacent to an activating group) is 1. The van der Waals surface area contributed by atoms with Crippen molar-refractivity contribution in [3.8, 4) is 17.0 Å². The van der Waals surface area contributed by atoms with Crippen molar-refractivity contribution in [2.45, 2.75) is 6.54 Å². The number of ether oxygens (including phenoxy) is 1. The second-order valence-corrected chi connectivity index (χ2v) is 10.5. The number of amides is 1. The number of piperazine rings is 1. The molecule has 0 unspecified atom stereocenters. The number of hydrogen-bond acceptors (Lipinski definition) is 7. The molecular formula is C31H28ClFN6O2. The van der Waals surface area contributed by atoms with Crippen molar-refractivity contribution in [3.05, 3.63) is 100.0 Å². The van der Waals surface area contributed by atoms with Crippen LogP contribution >= 0.6 is 11.6 Å². The molecule has 1 saturated heterocycles. The van der Waals surface area contributed by atoms with E-state index in [2.05, 4.69) is 22.2 Å². The van der Waals surface area contributed by atoms with Gasteiger partial charge in [0.15, 0.2) is 0 Å². The van der Waals surface area contributed by atoms with Gasteiger partial charge in [-0.3, -0.25) is 9.79 Å². The molecule has 3 heterocycles. The van der Waals surface area contributed by atoms with E-state index in [0.29, 0.717) is 58.0 Å². The normalized spacial score (nSPS) is 14.9. The summed E-state index contributed by atoms with van der Waals surface area (Å²) in [6, 6.07) is 17.4. The Morgan fingerprint density at radius 3 is 2.63 bits per heavy atom. The van der Waals surface area contributed by atoms with Gasteiger partial charge < -0.3 is 19.9 Å². The highest BCUT2D eigenvalue weighted by Crippen LogP contribution is 2.36. The summed E-state index contributed by atoms with van der Waals surface area (Å²) >= 11 is 6.41. The fraction of sp³-hybridized carbons (Fsp3) is 0.226. The van der Waals surface area contributed by atoms with Gasteiger partial charge in [-0.1, -0.05) is 29.8 Å². The van der Waals surface area contributed by atoms with Crippen molar-refractivity contribution in [2.75, 3.05) is 45.7 Å². The second kappa shape index (κ2) is 11.3. The Kier molecular flexibility index (Phi) is 7.38. The summed E-state index contributed by atoms with van der Waals surface area (Å²) in [6.07, 6.45) is 1.72. The van der Waals surface area contributed by atoms with Gasteiger partial charge in [-0.05, 0) is 49.5 Å². The van der Waals surface area contributed by atoms with Gasteiger partial charge in [0.1, 0.15) is 11.6 Å². The van der Waals surface area contributed by atoms with Gasteiger partial charge in [0.25, 0.3) is 5.91 Å². The molecular weight excluding hydrogens is 543 g/mol. The Balaban J connectivity index is 1.34. The van der Waals surface area contributed by atoms with Crippen LogP contribution in [0, 0.1) is 5.82 Å². The summed E-state index contributed by atoms with van der Waals surface area (Å²) < 4.78 is 20.6. The van der Waals surface area contributed by atoms with Gasteiger partial charge in [-0.25, -0.2) is 14.4 Å². The Labute approximate surface area is 242 Å². The number of carbonyl (C=O) groups excluding carboxylic acids is 1. The first kappa shape index (κ1) is 26.9. The van der Waals surface area contributed by atoms with Crippen LogP contribution in [0.4, 0.5) is 16.0 Å². The van der Waals surface area contributed by atoms with E-state index in [9.17, 15) is 4.79 Å². The Hall–Kier alpha value is -4.34. The molecule has 8 nitrogen and oxygen atoms in total. The van der Waals surface area contributed by atoms with Crippen molar-refractivity contribution < 1.29 is 13.9 Å². The largest absolute Gasteiger partial charge is 0.496 e. The number of benzene rings is 3. The lowest BCUT2D eigenvalue weighted by molar-refractivity contribution is 0.0664. The van der Waals surface area contributed by atoms with E-state index in [4.69, 9.17) is 26.3 Å². The zero-order valence-corrected chi connectivity index (χ0v) is 23.5. The minimum atomic E-state index is -0.445. The maximum Gasteiger partial charge on any atom is 0.254 e. The van der Waals surface area contributed by atoms with E-state index in [-0.39, 0.29) is 18.0 Å². The standard InChI is InChI=1S/C31H28ClFN6O2/c1-38-11-13-39(14-12-38)30(40)19-5-3-6-22(15-19)36-31-35-18-20-17-34-29(27-25(33)7-4-8-26(27)41-2)24-16-21(32)9-10-23(24)28(20)37-31/h3-10,15-16,18H,11-14,17H2,1-2H3,(H,35,36,37). The summed E-state index contributed by atoms with van der Waals surface area (Å²) in [5.41, 5.74) is 4.82. The number of carbonyl (C=O) groups is 1. The zero-order valence-electron chi connectivity index (χ0n) is 22.7. The van der Waals surface area contributed by atoms with Crippen LogP contribution in [0.5, 0.6) is 5.75 Å². The fourth-order valence-corrected chi connectivity index (χ4v) is 5.33. The molecule has 10 heteroatoms. The Morgan fingerprint density at radius 2 is 1.83 bits per heavy atom. The van der Waals surface area contributed by atoms with Gasteiger partial charge >= 0.3 is 0 Å². The smallest absolute Gasteiger partial charge is 0.254 e. The summed E-state index contributed by atoms with van der Waals surface area (Å²) in [6.45, 7) is 3.35. The van der Waals surface area contributed by atoms with E-state index in [1.165, 1.54) is 13.2 Å². The summed E-state index contributed by atoms with van der Waals surface area (Å²) in [5.74, 6) is 0.295. The molecule has 3 aromatic carbocycles. The molecule has 2 aliphatic rings. The predicted molar refractivity (Wildman–Crippen MR) is 158 cm³/mol. The maximum atomic E-state index is 15.1. The van der Waals surface area contributed by atoms with Gasteiger partial charge in [0, 0.05) is 65.3 Å². The lowest BCUT2D eigenvalue weighted by atomic mass is 9.94. The number of rotatable bonds is 5. The minimum Gasteiger partial charge on any atom is -0.496 e.